The number of hydrogen-bond donors (Lipinski definition) is 0. The Kier molecular flexibility index (Phi) is 1.47. The first-order chi connectivity index (χ1) is 4.44. The maximum atomic E-state index is 12.4. The normalized spacial score (nSPS) is 44.2. The number of alkyl halides is 4. The largest absolute Gasteiger partial charge is 0.305 e. The molecule has 0 aliphatic heterocycles. The van der Waals surface area contributed by atoms with Crippen molar-refractivity contribution in [3.63, 3.8) is 0 Å². The van der Waals surface area contributed by atoms with Gasteiger partial charge >= 0.3 is 5.92 Å². The summed E-state index contributed by atoms with van der Waals surface area (Å²) in [6, 6.07) is 0. The molecule has 0 aromatic rings. The molecule has 0 heterocycles. The van der Waals surface area contributed by atoms with Crippen LogP contribution in [0.15, 0.2) is 0 Å². The highest BCUT2D eigenvalue weighted by Crippen LogP contribution is 2.51. The van der Waals surface area contributed by atoms with Gasteiger partial charge in [-0.25, -0.2) is 13.2 Å². The average Bonchev–Trinajstić information content (AvgIpc) is 1.88. The molecule has 0 amide bonds. The Morgan fingerprint density at radius 3 is 2.10 bits per heavy atom. The molecular formula is C5H3ClF3O. The Morgan fingerprint density at radius 2 is 2.00 bits per heavy atom. The third-order valence-electron chi connectivity index (χ3n) is 1.54. The fraction of sp³-hybridized carbons (Fsp3) is 0.800. The molecular weight excluding hydrogens is 169 g/mol. The van der Waals surface area contributed by atoms with E-state index in [0.717, 1.165) is 0 Å². The van der Waals surface area contributed by atoms with Gasteiger partial charge in [0.05, 0.1) is 0 Å². The summed E-state index contributed by atoms with van der Waals surface area (Å²) in [5.41, 5.74) is -3.14. The summed E-state index contributed by atoms with van der Waals surface area (Å²) in [7, 11) is 0. The van der Waals surface area contributed by atoms with E-state index < -0.39 is 23.4 Å². The van der Waals surface area contributed by atoms with E-state index in [1.54, 1.807) is 0 Å². The molecule has 1 aliphatic rings. The highest BCUT2D eigenvalue weighted by molar-refractivity contribution is 6.22. The van der Waals surface area contributed by atoms with E-state index in [4.69, 9.17) is 11.6 Å². The highest BCUT2D eigenvalue weighted by atomic mass is 35.5. The molecule has 1 fully saturated rings. The summed E-state index contributed by atoms with van der Waals surface area (Å²) in [5, 5.41) is -1.57. The van der Waals surface area contributed by atoms with Gasteiger partial charge in [-0.15, -0.1) is 11.6 Å². The zero-order valence-corrected chi connectivity index (χ0v) is 5.46. The smallest absolute Gasteiger partial charge is 0.287 e. The van der Waals surface area contributed by atoms with Gasteiger partial charge in [0, 0.05) is 6.42 Å². The molecule has 1 radical (unpaired) electrons. The number of halogens is 4. The van der Waals surface area contributed by atoms with Crippen LogP contribution in [-0.4, -0.2) is 23.3 Å². The van der Waals surface area contributed by atoms with Crippen molar-refractivity contribution in [2.45, 2.75) is 23.4 Å². The minimum absolute atomic E-state index is 0.647. The topological polar surface area (TPSA) is 17.1 Å². The lowest BCUT2D eigenvalue weighted by Crippen LogP contribution is -2.63. The molecule has 1 saturated carbocycles. The molecule has 0 saturated heterocycles. The third kappa shape index (κ3) is 0.682. The summed E-state index contributed by atoms with van der Waals surface area (Å²) in [6.07, 6.45) is -0.000401. The lowest BCUT2D eigenvalue weighted by atomic mass is 9.78. The van der Waals surface area contributed by atoms with Gasteiger partial charge in [0.25, 0.3) is 0 Å². The number of hydrogen-bond acceptors (Lipinski definition) is 1. The lowest BCUT2D eigenvalue weighted by molar-refractivity contribution is -0.169. The fourth-order valence-electron chi connectivity index (χ4n) is 0.738. The van der Waals surface area contributed by atoms with Crippen LogP contribution >= 0.6 is 11.6 Å². The van der Waals surface area contributed by atoms with E-state index in [9.17, 15) is 18.0 Å². The van der Waals surface area contributed by atoms with Gasteiger partial charge in [-0.2, -0.15) is 0 Å². The van der Waals surface area contributed by atoms with E-state index in [-0.39, 0.29) is 0 Å². The summed E-state index contributed by atoms with van der Waals surface area (Å²) >= 11 is 4.93. The minimum Gasteiger partial charge on any atom is -0.287 e. The first-order valence-electron chi connectivity index (χ1n) is 2.54. The van der Waals surface area contributed by atoms with Crippen molar-refractivity contribution < 1.29 is 18.0 Å². The van der Waals surface area contributed by atoms with Crippen molar-refractivity contribution in [2.75, 3.05) is 0 Å². The van der Waals surface area contributed by atoms with Gasteiger partial charge < -0.3 is 0 Å². The van der Waals surface area contributed by atoms with E-state index in [1.165, 1.54) is 0 Å². The Hall–Kier alpha value is -0.250. The van der Waals surface area contributed by atoms with Gasteiger partial charge in [-0.05, 0) is 0 Å². The predicted molar refractivity (Wildman–Crippen MR) is 28.7 cm³/mol. The van der Waals surface area contributed by atoms with Gasteiger partial charge in [0.15, 0.2) is 0 Å². The van der Waals surface area contributed by atoms with Crippen LogP contribution in [-0.2, 0) is 4.79 Å². The molecule has 0 N–H and O–H groups in total. The molecule has 5 heteroatoms. The van der Waals surface area contributed by atoms with Crippen molar-refractivity contribution in [2.24, 2.45) is 0 Å². The maximum absolute atomic E-state index is 12.4. The predicted octanol–water partition coefficient (Wildman–Crippen LogP) is 1.45. The molecule has 10 heavy (non-hydrogen) atoms. The van der Waals surface area contributed by atoms with Gasteiger partial charge in [-0.1, -0.05) is 0 Å². The summed E-state index contributed by atoms with van der Waals surface area (Å²) in [4.78, 5) is 9.63. The molecule has 2 atom stereocenters. The molecule has 1 aliphatic carbocycles. The first-order valence-corrected chi connectivity index (χ1v) is 2.98. The summed E-state index contributed by atoms with van der Waals surface area (Å²) < 4.78 is 36.8. The highest BCUT2D eigenvalue weighted by Gasteiger charge is 2.70. The Bertz CT molecular complexity index is 172. The van der Waals surface area contributed by atoms with Gasteiger partial charge in [-0.3, -0.25) is 4.79 Å². The van der Waals surface area contributed by atoms with Crippen molar-refractivity contribution in [3.05, 3.63) is 0 Å². The molecule has 0 bridgehead atoms. The molecule has 0 spiro atoms. The molecule has 2 unspecified atom stereocenters. The summed E-state index contributed by atoms with van der Waals surface area (Å²) in [5.74, 6) is -3.74. The van der Waals surface area contributed by atoms with E-state index in [1.807, 2.05) is 0 Å². The van der Waals surface area contributed by atoms with Crippen molar-refractivity contribution in [1.82, 2.24) is 0 Å². The average molecular weight is 172 g/mol. The second kappa shape index (κ2) is 1.87. The van der Waals surface area contributed by atoms with Crippen LogP contribution in [0.3, 0.4) is 0 Å². The maximum Gasteiger partial charge on any atom is 0.305 e. The van der Waals surface area contributed by atoms with Crippen molar-refractivity contribution in [1.29, 1.82) is 0 Å². The van der Waals surface area contributed by atoms with Crippen LogP contribution < -0.4 is 0 Å². The van der Waals surface area contributed by atoms with Gasteiger partial charge in [0.1, 0.15) is 5.38 Å². The Morgan fingerprint density at radius 1 is 1.50 bits per heavy atom. The zero-order valence-electron chi connectivity index (χ0n) is 4.70. The minimum atomic E-state index is -3.74. The van der Waals surface area contributed by atoms with Crippen LogP contribution in [0, 0.1) is 0 Å². The van der Waals surface area contributed by atoms with Gasteiger partial charge in [0.2, 0.25) is 12.0 Å². The zero-order chi connectivity index (χ0) is 7.99. The lowest BCUT2D eigenvalue weighted by Gasteiger charge is -2.41. The standard InChI is InChI=1S/C5H3ClF3O/c6-3-1-4(7,2-10)5(3,8)9/h3H,1H2. The fourth-order valence-corrected chi connectivity index (χ4v) is 1.12. The van der Waals surface area contributed by atoms with Crippen molar-refractivity contribution >= 4 is 17.9 Å². The van der Waals surface area contributed by atoms with Crippen LogP contribution in [0.2, 0.25) is 0 Å². The van der Waals surface area contributed by atoms with E-state index >= 15 is 0 Å². The van der Waals surface area contributed by atoms with Crippen LogP contribution in [0.5, 0.6) is 0 Å². The Balaban J connectivity index is 2.80. The molecule has 1 rings (SSSR count). The third-order valence-corrected chi connectivity index (χ3v) is 1.97. The first kappa shape index (κ1) is 7.85. The van der Waals surface area contributed by atoms with E-state index in [2.05, 4.69) is 0 Å². The van der Waals surface area contributed by atoms with E-state index in [0.29, 0.717) is 6.29 Å². The molecule has 0 aromatic carbocycles. The molecule has 57 valence electrons. The second-order valence-electron chi connectivity index (χ2n) is 2.20. The molecule has 1 nitrogen and oxygen atoms in total. The van der Waals surface area contributed by atoms with Crippen LogP contribution in [0.4, 0.5) is 13.2 Å². The summed E-state index contributed by atoms with van der Waals surface area (Å²) in [6.45, 7) is 0. The number of carbonyl (C=O) groups excluding carboxylic acids is 1. The molecule has 0 aromatic heterocycles. The van der Waals surface area contributed by atoms with Crippen LogP contribution in [0.25, 0.3) is 0 Å². The quantitative estimate of drug-likeness (QED) is 0.546. The van der Waals surface area contributed by atoms with Crippen molar-refractivity contribution in [3.8, 4) is 0 Å². The monoisotopic (exact) mass is 171 g/mol. The number of rotatable bonds is 1. The second-order valence-corrected chi connectivity index (χ2v) is 2.72. The SMILES string of the molecule is O=[C]C1(F)CC(Cl)C1(F)F. The van der Waals surface area contributed by atoms with Crippen LogP contribution in [0.1, 0.15) is 6.42 Å². The Labute approximate surface area is 60.2 Å².